The van der Waals surface area contributed by atoms with Crippen molar-refractivity contribution in [3.63, 3.8) is 0 Å². The number of benzene rings is 4. The van der Waals surface area contributed by atoms with Crippen LogP contribution in [0, 0.1) is 6.92 Å². The van der Waals surface area contributed by atoms with Crippen molar-refractivity contribution in [2.24, 2.45) is 0 Å². The Labute approximate surface area is 216 Å². The van der Waals surface area contributed by atoms with Crippen molar-refractivity contribution in [1.29, 1.82) is 0 Å². The summed E-state index contributed by atoms with van der Waals surface area (Å²) in [6, 6.07) is 29.4. The molecule has 0 saturated carbocycles. The highest BCUT2D eigenvalue weighted by Crippen LogP contribution is 2.20. The first-order valence-corrected chi connectivity index (χ1v) is 13.2. The molecule has 0 saturated heterocycles. The van der Waals surface area contributed by atoms with Crippen LogP contribution in [0.25, 0.3) is 0 Å². The third kappa shape index (κ3) is 6.91. The maximum atomic E-state index is 12.8. The average molecular weight is 514 g/mol. The lowest BCUT2D eigenvalue weighted by atomic mass is 10.1. The second-order valence-corrected chi connectivity index (χ2v) is 10.2. The number of anilines is 2. The van der Waals surface area contributed by atoms with E-state index in [0.717, 1.165) is 11.1 Å². The Morgan fingerprint density at radius 2 is 1.32 bits per heavy atom. The molecule has 0 heterocycles. The quantitative estimate of drug-likeness (QED) is 0.292. The SMILES string of the molecule is Cc1ccc(C(=O)Nc2ccc(S(=O)(=O)NCCc3ccccc3)cc2)cc1NC(=O)c1ccccc1. The van der Waals surface area contributed by atoms with Gasteiger partial charge in [0.2, 0.25) is 10.0 Å². The highest BCUT2D eigenvalue weighted by molar-refractivity contribution is 7.89. The van der Waals surface area contributed by atoms with Crippen molar-refractivity contribution in [3.05, 3.63) is 125 Å². The number of sulfonamides is 1. The van der Waals surface area contributed by atoms with E-state index in [1.54, 1.807) is 42.5 Å². The summed E-state index contributed by atoms with van der Waals surface area (Å²) in [7, 11) is -3.68. The summed E-state index contributed by atoms with van der Waals surface area (Å²) in [5.74, 6) is -0.651. The third-order valence-electron chi connectivity index (χ3n) is 5.76. The van der Waals surface area contributed by atoms with Crippen molar-refractivity contribution in [2.45, 2.75) is 18.2 Å². The molecule has 4 rings (SSSR count). The predicted molar refractivity (Wildman–Crippen MR) is 145 cm³/mol. The zero-order valence-corrected chi connectivity index (χ0v) is 21.1. The van der Waals surface area contributed by atoms with E-state index in [1.807, 2.05) is 43.3 Å². The Balaban J connectivity index is 1.38. The van der Waals surface area contributed by atoms with Crippen molar-refractivity contribution >= 4 is 33.2 Å². The molecule has 7 nitrogen and oxygen atoms in total. The smallest absolute Gasteiger partial charge is 0.255 e. The first kappa shape index (κ1) is 25.8. The fourth-order valence-corrected chi connectivity index (χ4v) is 4.69. The van der Waals surface area contributed by atoms with Crippen LogP contribution in [0.2, 0.25) is 0 Å². The summed E-state index contributed by atoms with van der Waals surface area (Å²) in [6.45, 7) is 2.12. The summed E-state index contributed by atoms with van der Waals surface area (Å²) < 4.78 is 27.8. The zero-order valence-electron chi connectivity index (χ0n) is 20.3. The predicted octanol–water partition coefficient (Wildman–Crippen LogP) is 5.02. The minimum atomic E-state index is -3.68. The molecule has 0 bridgehead atoms. The molecule has 188 valence electrons. The van der Waals surface area contributed by atoms with Gasteiger partial charge in [-0.3, -0.25) is 9.59 Å². The van der Waals surface area contributed by atoms with Gasteiger partial charge < -0.3 is 10.6 Å². The van der Waals surface area contributed by atoms with E-state index in [-0.39, 0.29) is 23.3 Å². The van der Waals surface area contributed by atoms with E-state index < -0.39 is 10.0 Å². The van der Waals surface area contributed by atoms with Crippen LogP contribution in [0.4, 0.5) is 11.4 Å². The van der Waals surface area contributed by atoms with Crippen molar-refractivity contribution in [2.75, 3.05) is 17.2 Å². The summed E-state index contributed by atoms with van der Waals surface area (Å²) in [5.41, 5.74) is 3.71. The molecule has 0 unspecified atom stereocenters. The van der Waals surface area contributed by atoms with Crippen LogP contribution in [0.15, 0.2) is 108 Å². The van der Waals surface area contributed by atoms with Crippen LogP contribution in [-0.2, 0) is 16.4 Å². The Hall–Kier alpha value is -4.27. The first-order valence-electron chi connectivity index (χ1n) is 11.7. The molecule has 37 heavy (non-hydrogen) atoms. The van der Waals surface area contributed by atoms with Crippen LogP contribution in [0.5, 0.6) is 0 Å². The van der Waals surface area contributed by atoms with E-state index in [2.05, 4.69) is 15.4 Å². The average Bonchev–Trinajstić information content (AvgIpc) is 2.91. The molecule has 2 amide bonds. The van der Waals surface area contributed by atoms with Crippen LogP contribution in [0.1, 0.15) is 31.8 Å². The number of carbonyl (C=O) groups excluding carboxylic acids is 2. The molecule has 8 heteroatoms. The van der Waals surface area contributed by atoms with Gasteiger partial charge in [0.1, 0.15) is 0 Å². The van der Waals surface area contributed by atoms with E-state index in [1.165, 1.54) is 24.3 Å². The third-order valence-corrected chi connectivity index (χ3v) is 7.23. The van der Waals surface area contributed by atoms with Crippen LogP contribution < -0.4 is 15.4 Å². The Bertz CT molecular complexity index is 1490. The second kappa shape index (κ2) is 11.6. The van der Waals surface area contributed by atoms with Gasteiger partial charge in [0.25, 0.3) is 11.8 Å². The summed E-state index contributed by atoms with van der Waals surface area (Å²) >= 11 is 0. The topological polar surface area (TPSA) is 104 Å². The van der Waals surface area contributed by atoms with E-state index in [9.17, 15) is 18.0 Å². The van der Waals surface area contributed by atoms with E-state index in [0.29, 0.717) is 28.9 Å². The maximum Gasteiger partial charge on any atom is 0.255 e. The fourth-order valence-electron chi connectivity index (χ4n) is 3.66. The molecule has 4 aromatic rings. The van der Waals surface area contributed by atoms with Gasteiger partial charge in [0.15, 0.2) is 0 Å². The molecule has 0 aliphatic carbocycles. The molecule has 3 N–H and O–H groups in total. The molecule has 0 aliphatic heterocycles. The second-order valence-electron chi connectivity index (χ2n) is 8.46. The molecule has 0 spiro atoms. The molecule has 4 aromatic carbocycles. The molecule has 0 fully saturated rings. The molecule has 0 aromatic heterocycles. The Morgan fingerprint density at radius 3 is 2.00 bits per heavy atom. The minimum absolute atomic E-state index is 0.111. The Morgan fingerprint density at radius 1 is 0.703 bits per heavy atom. The van der Waals surface area contributed by atoms with Gasteiger partial charge in [-0.15, -0.1) is 0 Å². The van der Waals surface area contributed by atoms with Crippen molar-refractivity contribution in [3.8, 4) is 0 Å². The van der Waals surface area contributed by atoms with Crippen LogP contribution in [0.3, 0.4) is 0 Å². The molecular weight excluding hydrogens is 486 g/mol. The van der Waals surface area contributed by atoms with Crippen molar-refractivity contribution < 1.29 is 18.0 Å². The number of rotatable bonds is 9. The monoisotopic (exact) mass is 513 g/mol. The summed E-state index contributed by atoms with van der Waals surface area (Å²) in [5, 5.41) is 5.61. The number of carbonyl (C=O) groups is 2. The minimum Gasteiger partial charge on any atom is -0.322 e. The number of amides is 2. The van der Waals surface area contributed by atoms with Crippen LogP contribution >= 0.6 is 0 Å². The summed E-state index contributed by atoms with van der Waals surface area (Å²) in [4.78, 5) is 25.5. The lowest BCUT2D eigenvalue weighted by molar-refractivity contribution is 0.101. The lowest BCUT2D eigenvalue weighted by Crippen LogP contribution is -2.26. The normalized spacial score (nSPS) is 11.1. The molecular formula is C29H27N3O4S. The zero-order chi connectivity index (χ0) is 26.3. The van der Waals surface area contributed by atoms with Gasteiger partial charge in [-0.1, -0.05) is 54.6 Å². The molecule has 0 radical (unpaired) electrons. The highest BCUT2D eigenvalue weighted by atomic mass is 32.2. The fraction of sp³-hybridized carbons (Fsp3) is 0.103. The van der Waals surface area contributed by atoms with Gasteiger partial charge >= 0.3 is 0 Å². The number of nitrogens with one attached hydrogen (secondary N) is 3. The van der Waals surface area contributed by atoms with E-state index in [4.69, 9.17) is 0 Å². The first-order chi connectivity index (χ1) is 17.8. The molecule has 0 aliphatic rings. The maximum absolute atomic E-state index is 12.8. The van der Waals surface area contributed by atoms with Crippen LogP contribution in [-0.4, -0.2) is 26.8 Å². The lowest BCUT2D eigenvalue weighted by Gasteiger charge is -2.12. The standard InChI is InChI=1S/C29H27N3O4S/c1-21-12-13-24(20-27(21)32-28(33)23-10-6-3-7-11-23)29(34)31-25-14-16-26(17-15-25)37(35,36)30-19-18-22-8-4-2-5-9-22/h2-17,20,30H,18-19H2,1H3,(H,31,34)(H,32,33). The molecule has 0 atom stereocenters. The largest absolute Gasteiger partial charge is 0.322 e. The number of hydrogen-bond donors (Lipinski definition) is 3. The summed E-state index contributed by atoms with van der Waals surface area (Å²) in [6.07, 6.45) is 0.582. The van der Waals surface area contributed by atoms with Gasteiger partial charge in [0, 0.05) is 29.0 Å². The van der Waals surface area contributed by atoms with E-state index >= 15 is 0 Å². The number of hydrogen-bond acceptors (Lipinski definition) is 4. The van der Waals surface area contributed by atoms with Crippen molar-refractivity contribution in [1.82, 2.24) is 4.72 Å². The van der Waals surface area contributed by atoms with Gasteiger partial charge in [-0.05, 0) is 73.0 Å². The number of aryl methyl sites for hydroxylation is 1. The van der Waals surface area contributed by atoms with Gasteiger partial charge in [-0.25, -0.2) is 13.1 Å². The van der Waals surface area contributed by atoms with Gasteiger partial charge in [0.05, 0.1) is 4.90 Å². The van der Waals surface area contributed by atoms with Gasteiger partial charge in [-0.2, -0.15) is 0 Å². The highest BCUT2D eigenvalue weighted by Gasteiger charge is 2.15. The Kier molecular flexibility index (Phi) is 8.12.